The van der Waals surface area contributed by atoms with Crippen LogP contribution in [0.25, 0.3) is 11.1 Å². The number of aromatic nitrogens is 2. The van der Waals surface area contributed by atoms with Crippen LogP contribution in [0, 0.1) is 17.5 Å². The van der Waals surface area contributed by atoms with Gasteiger partial charge in [-0.25, -0.2) is 13.2 Å². The third kappa shape index (κ3) is 4.92. The maximum absolute atomic E-state index is 14.8. The van der Waals surface area contributed by atoms with Crippen molar-refractivity contribution in [2.24, 2.45) is 7.05 Å². The van der Waals surface area contributed by atoms with Crippen LogP contribution in [-0.4, -0.2) is 34.8 Å². The van der Waals surface area contributed by atoms with E-state index < -0.39 is 29.4 Å². The summed E-state index contributed by atoms with van der Waals surface area (Å²) >= 11 is 6.26. The molecule has 2 N–H and O–H groups in total. The summed E-state index contributed by atoms with van der Waals surface area (Å²) in [4.78, 5) is 12.9. The molecule has 0 unspecified atom stereocenters. The zero-order chi connectivity index (χ0) is 22.1. The number of halogens is 5. The molecule has 32 heavy (non-hydrogen) atoms. The third-order valence-corrected chi connectivity index (χ3v) is 5.78. The van der Waals surface area contributed by atoms with Crippen LogP contribution < -0.4 is 10.6 Å². The average Bonchev–Trinajstić information content (AvgIpc) is 3.16. The van der Waals surface area contributed by atoms with Gasteiger partial charge in [-0.3, -0.25) is 9.48 Å². The summed E-state index contributed by atoms with van der Waals surface area (Å²) in [5.41, 5.74) is 1.49. The van der Waals surface area contributed by atoms with E-state index in [1.807, 2.05) is 0 Å². The number of amides is 1. The van der Waals surface area contributed by atoms with E-state index in [1.54, 1.807) is 24.1 Å². The van der Waals surface area contributed by atoms with E-state index in [4.69, 9.17) is 11.6 Å². The van der Waals surface area contributed by atoms with E-state index in [0.29, 0.717) is 36.2 Å². The molecule has 1 amide bonds. The molecule has 170 valence electrons. The predicted molar refractivity (Wildman–Crippen MR) is 119 cm³/mol. The summed E-state index contributed by atoms with van der Waals surface area (Å²) in [6.07, 6.45) is 3.89. The van der Waals surface area contributed by atoms with Crippen molar-refractivity contribution in [1.82, 2.24) is 20.4 Å². The van der Waals surface area contributed by atoms with Crippen LogP contribution in [0.15, 0.2) is 42.7 Å². The Balaban J connectivity index is 0.00000289. The highest BCUT2D eigenvalue weighted by Crippen LogP contribution is 2.30. The highest BCUT2D eigenvalue weighted by molar-refractivity contribution is 6.34. The van der Waals surface area contributed by atoms with Crippen molar-refractivity contribution in [3.8, 4) is 11.1 Å². The lowest BCUT2D eigenvalue weighted by Crippen LogP contribution is -2.50. The van der Waals surface area contributed by atoms with Crippen molar-refractivity contribution in [1.29, 1.82) is 0 Å². The lowest BCUT2D eigenvalue weighted by molar-refractivity contribution is 0.0920. The maximum atomic E-state index is 14.8. The molecule has 1 aromatic heterocycles. The van der Waals surface area contributed by atoms with Crippen LogP contribution in [0.2, 0.25) is 5.02 Å². The molecule has 0 aliphatic carbocycles. The number of nitrogens with zero attached hydrogens (tertiary/aromatic N) is 2. The van der Waals surface area contributed by atoms with Crippen molar-refractivity contribution in [2.45, 2.75) is 18.4 Å². The Hall–Kier alpha value is -2.55. The second-order valence-corrected chi connectivity index (χ2v) is 7.98. The second kappa shape index (κ2) is 9.94. The first-order valence-corrected chi connectivity index (χ1v) is 10.2. The molecule has 5 nitrogen and oxygen atoms in total. The lowest BCUT2D eigenvalue weighted by Gasteiger charge is -2.33. The van der Waals surface area contributed by atoms with Gasteiger partial charge in [0.15, 0.2) is 11.6 Å². The molecule has 1 fully saturated rings. The minimum atomic E-state index is -0.943. The van der Waals surface area contributed by atoms with E-state index in [1.165, 1.54) is 18.2 Å². The molecule has 4 rings (SSSR count). The Bertz CT molecular complexity index is 1120. The summed E-state index contributed by atoms with van der Waals surface area (Å²) in [6.45, 7) is 1.06. The first-order chi connectivity index (χ1) is 14.8. The van der Waals surface area contributed by atoms with Gasteiger partial charge in [0, 0.05) is 37.3 Å². The minimum Gasteiger partial charge on any atom is -0.347 e. The molecular formula is C22H21Cl2F3N4O. The lowest BCUT2D eigenvalue weighted by atomic mass is 9.85. The van der Waals surface area contributed by atoms with E-state index in [-0.39, 0.29) is 28.9 Å². The van der Waals surface area contributed by atoms with Crippen LogP contribution in [0.5, 0.6) is 0 Å². The third-order valence-electron chi connectivity index (χ3n) is 5.48. The van der Waals surface area contributed by atoms with Crippen LogP contribution in [0.1, 0.15) is 28.3 Å². The van der Waals surface area contributed by atoms with Gasteiger partial charge >= 0.3 is 0 Å². The molecule has 0 bridgehead atoms. The van der Waals surface area contributed by atoms with Gasteiger partial charge in [0.1, 0.15) is 5.82 Å². The molecule has 0 radical (unpaired) electrons. The molecule has 10 heteroatoms. The molecule has 2 heterocycles. The Morgan fingerprint density at radius 3 is 2.59 bits per heavy atom. The van der Waals surface area contributed by atoms with Crippen molar-refractivity contribution in [2.75, 3.05) is 13.1 Å². The molecule has 2 atom stereocenters. The van der Waals surface area contributed by atoms with Gasteiger partial charge in [-0.15, -0.1) is 12.4 Å². The molecular weight excluding hydrogens is 464 g/mol. The quantitative estimate of drug-likeness (QED) is 0.574. The average molecular weight is 485 g/mol. The number of nitrogens with one attached hydrogen (secondary N) is 2. The number of aryl methyl sites for hydroxylation is 1. The standard InChI is InChI=1S/C22H20ClF3N4O.ClH/c1-30-11-14(9-28-30)13-6-16(23)21(19(26)8-13)22(31)29-20-10-27-5-4-15(20)12-2-3-17(24)18(25)7-12;/h2-3,6-9,11,15,20,27H,4-5,10H2,1H3,(H,29,31);1H/t15-,20+;/m0./s1. The highest BCUT2D eigenvalue weighted by Gasteiger charge is 2.30. The fourth-order valence-corrected chi connectivity index (χ4v) is 4.21. The van der Waals surface area contributed by atoms with E-state index in [0.717, 1.165) is 12.1 Å². The van der Waals surface area contributed by atoms with Crippen LogP contribution in [0.3, 0.4) is 0 Å². The number of hydrogen-bond acceptors (Lipinski definition) is 3. The Morgan fingerprint density at radius 1 is 1.16 bits per heavy atom. The van der Waals surface area contributed by atoms with Gasteiger partial charge in [0.2, 0.25) is 0 Å². The molecule has 1 aliphatic rings. The molecule has 3 aromatic rings. The maximum Gasteiger partial charge on any atom is 0.256 e. The van der Waals surface area contributed by atoms with E-state index >= 15 is 0 Å². The summed E-state index contributed by atoms with van der Waals surface area (Å²) < 4.78 is 43.5. The first-order valence-electron chi connectivity index (χ1n) is 9.78. The smallest absolute Gasteiger partial charge is 0.256 e. The van der Waals surface area contributed by atoms with Crippen LogP contribution in [0.4, 0.5) is 13.2 Å². The highest BCUT2D eigenvalue weighted by atomic mass is 35.5. The van der Waals surface area contributed by atoms with Crippen molar-refractivity contribution < 1.29 is 18.0 Å². The number of rotatable bonds is 4. The number of hydrogen-bond donors (Lipinski definition) is 2. The summed E-state index contributed by atoms with van der Waals surface area (Å²) in [5, 5.41) is 9.99. The molecule has 1 saturated heterocycles. The number of carbonyl (C=O) groups is 1. The van der Waals surface area contributed by atoms with Crippen molar-refractivity contribution in [3.05, 3.63) is 76.3 Å². The minimum absolute atomic E-state index is 0. The van der Waals surface area contributed by atoms with Gasteiger partial charge in [-0.2, -0.15) is 5.10 Å². The van der Waals surface area contributed by atoms with E-state index in [2.05, 4.69) is 15.7 Å². The van der Waals surface area contributed by atoms with Crippen LogP contribution in [-0.2, 0) is 7.05 Å². The molecule has 0 spiro atoms. The number of carbonyl (C=O) groups excluding carboxylic acids is 1. The van der Waals surface area contributed by atoms with Gasteiger partial charge in [-0.05, 0) is 48.4 Å². The Morgan fingerprint density at radius 2 is 1.94 bits per heavy atom. The molecule has 2 aromatic carbocycles. The van der Waals surface area contributed by atoms with Crippen molar-refractivity contribution in [3.63, 3.8) is 0 Å². The second-order valence-electron chi connectivity index (χ2n) is 7.57. The largest absolute Gasteiger partial charge is 0.347 e. The SMILES string of the molecule is Cl.Cn1cc(-c2cc(F)c(C(=O)N[C@@H]3CNCC[C@H]3c3ccc(F)c(F)c3)c(Cl)c2)cn1. The zero-order valence-corrected chi connectivity index (χ0v) is 18.6. The summed E-state index contributed by atoms with van der Waals surface area (Å²) in [6, 6.07) is 6.02. The Kier molecular flexibility index (Phi) is 7.48. The predicted octanol–water partition coefficient (Wildman–Crippen LogP) is 4.46. The topological polar surface area (TPSA) is 59.0 Å². The van der Waals surface area contributed by atoms with Gasteiger partial charge in [-0.1, -0.05) is 17.7 Å². The number of benzene rings is 2. The first kappa shape index (κ1) is 24.1. The zero-order valence-electron chi connectivity index (χ0n) is 17.0. The van der Waals surface area contributed by atoms with Gasteiger partial charge in [0.05, 0.1) is 16.8 Å². The monoisotopic (exact) mass is 484 g/mol. The van der Waals surface area contributed by atoms with Gasteiger partial charge in [0.25, 0.3) is 5.91 Å². The Labute approximate surface area is 194 Å². The molecule has 0 saturated carbocycles. The number of piperidine rings is 1. The fraction of sp³-hybridized carbons (Fsp3) is 0.273. The molecule has 1 aliphatic heterocycles. The van der Waals surface area contributed by atoms with Crippen LogP contribution >= 0.6 is 24.0 Å². The van der Waals surface area contributed by atoms with E-state index in [9.17, 15) is 18.0 Å². The summed E-state index contributed by atoms with van der Waals surface area (Å²) in [7, 11) is 1.74. The fourth-order valence-electron chi connectivity index (χ4n) is 3.92. The van der Waals surface area contributed by atoms with Gasteiger partial charge < -0.3 is 10.6 Å². The normalized spacial score (nSPS) is 18.2. The van der Waals surface area contributed by atoms with Crippen molar-refractivity contribution >= 4 is 29.9 Å². The summed E-state index contributed by atoms with van der Waals surface area (Å²) in [5.74, 6) is -3.54.